The molecule has 3 aliphatic heterocycles. The molecule has 3 fully saturated rings. The Morgan fingerprint density at radius 2 is 1.45 bits per heavy atom. The van der Waals surface area contributed by atoms with Gasteiger partial charge in [-0.05, 0) is 99.3 Å². The molecule has 1 aromatic heterocycles. The van der Waals surface area contributed by atoms with Crippen molar-refractivity contribution in [3.63, 3.8) is 0 Å². The van der Waals surface area contributed by atoms with Gasteiger partial charge in [-0.2, -0.15) is 0 Å². The van der Waals surface area contributed by atoms with E-state index < -0.39 is 6.04 Å². The van der Waals surface area contributed by atoms with Crippen LogP contribution in [0.5, 0.6) is 0 Å². The highest BCUT2D eigenvalue weighted by Crippen LogP contribution is 2.33. The van der Waals surface area contributed by atoms with Crippen molar-refractivity contribution in [1.82, 2.24) is 29.6 Å². The molecule has 0 radical (unpaired) electrons. The lowest BCUT2D eigenvalue weighted by atomic mass is 9.78. The van der Waals surface area contributed by atoms with Crippen molar-refractivity contribution in [2.75, 3.05) is 45.8 Å². The molecule has 0 spiro atoms. The Kier molecular flexibility index (Phi) is 11.2. The Labute approximate surface area is 294 Å². The van der Waals surface area contributed by atoms with Crippen molar-refractivity contribution in [3.05, 3.63) is 79.7 Å². The van der Waals surface area contributed by atoms with Gasteiger partial charge in [-0.25, -0.2) is 9.59 Å². The molecular weight excluding hydrogens is 724 g/mol. The fourth-order valence-electron chi connectivity index (χ4n) is 7.75. The maximum absolute atomic E-state index is 14.1. The van der Waals surface area contributed by atoms with Crippen LogP contribution in [0.1, 0.15) is 57.1 Å². The second-order valence-corrected chi connectivity index (χ2v) is 15.2. The van der Waals surface area contributed by atoms with Crippen LogP contribution < -0.4 is 11.0 Å². The number of nitrogens with one attached hydrogen (secondary N) is 2. The summed E-state index contributed by atoms with van der Waals surface area (Å²) in [5, 5.41) is 3.13. The van der Waals surface area contributed by atoms with Crippen LogP contribution in [0.15, 0.2) is 68.5 Å². The lowest BCUT2D eigenvalue weighted by Gasteiger charge is -2.41. The summed E-state index contributed by atoms with van der Waals surface area (Å²) >= 11 is 7.15. The molecule has 0 unspecified atom stereocenters. The number of urea groups is 1. The molecule has 3 aliphatic rings. The van der Waals surface area contributed by atoms with Crippen molar-refractivity contribution in [3.8, 4) is 11.3 Å². The van der Waals surface area contributed by atoms with Crippen LogP contribution >= 0.6 is 31.9 Å². The molecule has 2 N–H and O–H groups in total. The fraction of sp³-hybridized carbons (Fsp3) is 0.528. The van der Waals surface area contributed by atoms with Gasteiger partial charge in [0.25, 0.3) is 0 Å². The predicted molar refractivity (Wildman–Crippen MR) is 192 cm³/mol. The van der Waals surface area contributed by atoms with Gasteiger partial charge in [0, 0.05) is 53.8 Å². The zero-order valence-electron chi connectivity index (χ0n) is 27.2. The lowest BCUT2D eigenvalue weighted by Crippen LogP contribution is -2.55. The number of rotatable bonds is 8. The topological polar surface area (TPSA) is 93.7 Å². The van der Waals surface area contributed by atoms with Crippen molar-refractivity contribution in [2.24, 2.45) is 11.8 Å². The molecule has 3 saturated heterocycles. The normalized spacial score (nSPS) is 19.6. The minimum absolute atomic E-state index is 0.00379. The smallest absolute Gasteiger partial charge is 0.326 e. The molecule has 2 aromatic carbocycles. The first-order chi connectivity index (χ1) is 22.8. The SMILES string of the molecule is CCN1CCC(C2CCN(C(=O)[C@@H](Cc3cc(Br)cc(Br)c3)NC(=O)N3CCC(n4cc(-c5ccccc5)[nH]c4=O)CC3)CC2)CC1. The number of aromatic amines is 1. The van der Waals surface area contributed by atoms with E-state index in [1.165, 1.54) is 25.9 Å². The molecule has 4 heterocycles. The number of benzene rings is 2. The number of carbonyl (C=O) groups is 2. The van der Waals surface area contributed by atoms with Crippen LogP contribution in [0.25, 0.3) is 11.3 Å². The highest BCUT2D eigenvalue weighted by Gasteiger charge is 2.35. The standard InChI is InChI=1S/C36H46Br2N6O3/c1-2-41-14-8-26(9-15-41)27-10-16-42(17-11-27)34(45)32(22-25-20-29(37)23-30(38)21-25)39-35(46)43-18-12-31(13-19-43)44-24-33(40-36(44)47)28-6-4-3-5-7-28/h3-7,20-21,23-24,26-27,31-32H,2,8-19,22H2,1H3,(H,39,46)(H,40,47)/t32-/m1/s1. The molecule has 11 heteroatoms. The van der Waals surface area contributed by atoms with Crippen LogP contribution in [-0.4, -0.2) is 88.0 Å². The van der Waals surface area contributed by atoms with Crippen molar-refractivity contribution in [2.45, 2.75) is 64.0 Å². The Morgan fingerprint density at radius 1 is 0.851 bits per heavy atom. The number of likely N-dealkylation sites (tertiary alicyclic amines) is 3. The maximum atomic E-state index is 14.1. The third kappa shape index (κ3) is 8.40. The number of amides is 3. The number of H-pyrrole nitrogens is 1. The third-order valence-corrected chi connectivity index (χ3v) is 11.4. The molecular formula is C36H46Br2N6O3. The number of nitrogens with zero attached hydrogens (tertiary/aromatic N) is 4. The number of hydrogen-bond acceptors (Lipinski definition) is 4. The first-order valence-corrected chi connectivity index (χ1v) is 18.7. The monoisotopic (exact) mass is 768 g/mol. The van der Waals surface area contributed by atoms with E-state index in [0.717, 1.165) is 64.2 Å². The summed E-state index contributed by atoms with van der Waals surface area (Å²) in [6, 6.07) is 14.9. The molecule has 3 amide bonds. The van der Waals surface area contributed by atoms with E-state index >= 15 is 0 Å². The fourth-order valence-corrected chi connectivity index (χ4v) is 9.14. The van der Waals surface area contributed by atoms with Gasteiger partial charge in [-0.1, -0.05) is 69.1 Å². The lowest BCUT2D eigenvalue weighted by molar-refractivity contribution is -0.135. The summed E-state index contributed by atoms with van der Waals surface area (Å²) in [7, 11) is 0. The number of carbonyl (C=O) groups excluding carboxylic acids is 2. The number of aromatic nitrogens is 2. The summed E-state index contributed by atoms with van der Waals surface area (Å²) < 4.78 is 3.62. The Hall–Kier alpha value is -2.89. The van der Waals surface area contributed by atoms with E-state index in [9.17, 15) is 14.4 Å². The molecule has 47 heavy (non-hydrogen) atoms. The average Bonchev–Trinajstić information content (AvgIpc) is 3.49. The summed E-state index contributed by atoms with van der Waals surface area (Å²) in [4.78, 5) is 49.8. The van der Waals surface area contributed by atoms with E-state index in [2.05, 4.69) is 54.0 Å². The summed E-state index contributed by atoms with van der Waals surface area (Å²) in [6.07, 6.45) is 8.21. The average molecular weight is 771 g/mol. The van der Waals surface area contributed by atoms with Crippen LogP contribution in [0.4, 0.5) is 4.79 Å². The van der Waals surface area contributed by atoms with Crippen LogP contribution in [0.2, 0.25) is 0 Å². The molecule has 252 valence electrons. The minimum Gasteiger partial charge on any atom is -0.341 e. The van der Waals surface area contributed by atoms with Gasteiger partial charge in [0.05, 0.1) is 5.69 Å². The van der Waals surface area contributed by atoms with E-state index in [-0.39, 0.29) is 23.7 Å². The molecule has 0 bridgehead atoms. The number of piperidine rings is 3. The second kappa shape index (κ2) is 15.6. The highest BCUT2D eigenvalue weighted by atomic mass is 79.9. The molecule has 0 saturated carbocycles. The molecule has 9 nitrogen and oxygen atoms in total. The largest absolute Gasteiger partial charge is 0.341 e. The van der Waals surface area contributed by atoms with Gasteiger partial charge >= 0.3 is 11.7 Å². The molecule has 1 atom stereocenters. The zero-order chi connectivity index (χ0) is 32.9. The van der Waals surface area contributed by atoms with Crippen LogP contribution in [0.3, 0.4) is 0 Å². The Bertz CT molecular complexity index is 1550. The summed E-state index contributed by atoms with van der Waals surface area (Å²) in [5.74, 6) is 1.42. The van der Waals surface area contributed by atoms with Gasteiger partial charge < -0.3 is 25.0 Å². The first kappa shape index (κ1) is 34.0. The van der Waals surface area contributed by atoms with E-state index in [0.29, 0.717) is 38.3 Å². The van der Waals surface area contributed by atoms with E-state index in [4.69, 9.17) is 0 Å². The Balaban J connectivity index is 1.08. The Morgan fingerprint density at radius 3 is 2.06 bits per heavy atom. The molecule has 0 aliphatic carbocycles. The van der Waals surface area contributed by atoms with E-state index in [1.54, 1.807) is 9.47 Å². The van der Waals surface area contributed by atoms with Crippen molar-refractivity contribution < 1.29 is 9.59 Å². The summed E-state index contributed by atoms with van der Waals surface area (Å²) in [6.45, 7) is 8.25. The van der Waals surface area contributed by atoms with Gasteiger partial charge in [0.2, 0.25) is 5.91 Å². The summed E-state index contributed by atoms with van der Waals surface area (Å²) in [5.41, 5.74) is 2.60. The quantitative estimate of drug-likeness (QED) is 0.282. The zero-order valence-corrected chi connectivity index (χ0v) is 30.3. The van der Waals surface area contributed by atoms with Gasteiger partial charge in [0.15, 0.2) is 0 Å². The maximum Gasteiger partial charge on any atom is 0.326 e. The molecule has 6 rings (SSSR count). The highest BCUT2D eigenvalue weighted by molar-refractivity contribution is 9.11. The first-order valence-electron chi connectivity index (χ1n) is 17.2. The van der Waals surface area contributed by atoms with Gasteiger partial charge in [-0.3, -0.25) is 9.36 Å². The van der Waals surface area contributed by atoms with E-state index in [1.807, 2.05) is 59.6 Å². The third-order valence-electron chi connectivity index (χ3n) is 10.5. The second-order valence-electron chi connectivity index (χ2n) is 13.4. The van der Waals surface area contributed by atoms with Crippen molar-refractivity contribution >= 4 is 43.8 Å². The van der Waals surface area contributed by atoms with Crippen molar-refractivity contribution in [1.29, 1.82) is 0 Å². The van der Waals surface area contributed by atoms with Crippen LogP contribution in [0, 0.1) is 11.8 Å². The minimum atomic E-state index is -0.661. The van der Waals surface area contributed by atoms with Gasteiger partial charge in [-0.15, -0.1) is 0 Å². The van der Waals surface area contributed by atoms with Gasteiger partial charge in [0.1, 0.15) is 6.04 Å². The number of halogens is 2. The number of imidazole rings is 1. The number of hydrogen-bond donors (Lipinski definition) is 2. The predicted octanol–water partition coefficient (Wildman–Crippen LogP) is 6.30. The molecule has 3 aromatic rings. The van der Waals surface area contributed by atoms with Crippen LogP contribution in [-0.2, 0) is 11.2 Å².